The molecule has 1 atom stereocenters. The second kappa shape index (κ2) is 6.35. The van der Waals surface area contributed by atoms with Crippen LogP contribution in [0, 0.1) is 5.92 Å². The van der Waals surface area contributed by atoms with E-state index in [2.05, 4.69) is 11.8 Å². The molecule has 1 aliphatic rings. The van der Waals surface area contributed by atoms with Crippen LogP contribution in [0.5, 0.6) is 0 Å². The minimum absolute atomic E-state index is 0.762. The van der Waals surface area contributed by atoms with Gasteiger partial charge in [-0.3, -0.25) is 0 Å². The standard InChI is InChI=1S/C10H22N2O/c1-2-13-9-10-4-7-12(8-10)6-3-5-11/h10H,2-9,11H2,1H3/t10-/m0/s1. The lowest BCUT2D eigenvalue weighted by Gasteiger charge is -2.14. The van der Waals surface area contributed by atoms with Crippen LogP contribution < -0.4 is 5.73 Å². The van der Waals surface area contributed by atoms with E-state index in [0.29, 0.717) is 0 Å². The van der Waals surface area contributed by atoms with Gasteiger partial charge in [-0.25, -0.2) is 0 Å². The summed E-state index contributed by atoms with van der Waals surface area (Å²) in [4.78, 5) is 2.50. The molecule has 0 bridgehead atoms. The molecule has 2 N–H and O–H groups in total. The zero-order valence-electron chi connectivity index (χ0n) is 8.67. The van der Waals surface area contributed by atoms with E-state index >= 15 is 0 Å². The van der Waals surface area contributed by atoms with Gasteiger partial charge in [0, 0.05) is 13.2 Å². The third-order valence-corrected chi connectivity index (χ3v) is 2.61. The largest absolute Gasteiger partial charge is 0.381 e. The molecule has 1 fully saturated rings. The van der Waals surface area contributed by atoms with Crippen molar-refractivity contribution in [3.05, 3.63) is 0 Å². The minimum atomic E-state index is 0.762. The number of rotatable bonds is 6. The van der Waals surface area contributed by atoms with Gasteiger partial charge in [-0.2, -0.15) is 0 Å². The summed E-state index contributed by atoms with van der Waals surface area (Å²) in [6, 6.07) is 0. The van der Waals surface area contributed by atoms with E-state index < -0.39 is 0 Å². The molecule has 3 heteroatoms. The van der Waals surface area contributed by atoms with Crippen molar-refractivity contribution in [1.29, 1.82) is 0 Å². The van der Waals surface area contributed by atoms with Gasteiger partial charge in [-0.1, -0.05) is 0 Å². The lowest BCUT2D eigenvalue weighted by atomic mass is 10.1. The first-order valence-corrected chi connectivity index (χ1v) is 5.37. The summed E-state index contributed by atoms with van der Waals surface area (Å²) >= 11 is 0. The van der Waals surface area contributed by atoms with Crippen LogP contribution in [0.2, 0.25) is 0 Å². The first kappa shape index (κ1) is 11.0. The molecule has 1 heterocycles. The van der Waals surface area contributed by atoms with E-state index in [-0.39, 0.29) is 0 Å². The Morgan fingerprint density at radius 2 is 2.38 bits per heavy atom. The summed E-state index contributed by atoms with van der Waals surface area (Å²) < 4.78 is 5.42. The zero-order valence-corrected chi connectivity index (χ0v) is 8.67. The van der Waals surface area contributed by atoms with E-state index in [1.54, 1.807) is 0 Å². The fourth-order valence-corrected chi connectivity index (χ4v) is 1.85. The molecule has 0 aromatic carbocycles. The quantitative estimate of drug-likeness (QED) is 0.663. The Bertz CT molecular complexity index is 116. The van der Waals surface area contributed by atoms with Crippen LogP contribution in [0.25, 0.3) is 0 Å². The molecule has 1 rings (SSSR count). The maximum absolute atomic E-state index is 5.47. The average molecular weight is 186 g/mol. The van der Waals surface area contributed by atoms with Gasteiger partial charge in [0.1, 0.15) is 0 Å². The molecule has 0 amide bonds. The Morgan fingerprint density at radius 1 is 1.54 bits per heavy atom. The molecule has 0 radical (unpaired) electrons. The average Bonchev–Trinajstić information content (AvgIpc) is 2.59. The monoisotopic (exact) mass is 186 g/mol. The fraction of sp³-hybridized carbons (Fsp3) is 1.00. The molecule has 3 nitrogen and oxygen atoms in total. The highest BCUT2D eigenvalue weighted by Crippen LogP contribution is 2.16. The summed E-state index contributed by atoms with van der Waals surface area (Å²) in [5.74, 6) is 0.762. The number of nitrogens with two attached hydrogens (primary N) is 1. The molecule has 0 aromatic heterocycles. The van der Waals surface area contributed by atoms with E-state index in [9.17, 15) is 0 Å². The molecule has 0 saturated carbocycles. The van der Waals surface area contributed by atoms with Gasteiger partial charge >= 0.3 is 0 Å². The second-order valence-electron chi connectivity index (χ2n) is 3.76. The van der Waals surface area contributed by atoms with Crippen LogP contribution in [0.1, 0.15) is 19.8 Å². The van der Waals surface area contributed by atoms with Crippen LogP contribution >= 0.6 is 0 Å². The van der Waals surface area contributed by atoms with Crippen molar-refractivity contribution in [2.24, 2.45) is 11.7 Å². The van der Waals surface area contributed by atoms with Gasteiger partial charge in [0.15, 0.2) is 0 Å². The zero-order chi connectivity index (χ0) is 9.52. The number of likely N-dealkylation sites (tertiary alicyclic amines) is 1. The van der Waals surface area contributed by atoms with Crippen molar-refractivity contribution < 1.29 is 4.74 Å². The number of hydrogen-bond donors (Lipinski definition) is 1. The molecular formula is C10H22N2O. The Labute approximate surface area is 81.2 Å². The summed E-state index contributed by atoms with van der Waals surface area (Å²) in [5, 5.41) is 0. The van der Waals surface area contributed by atoms with E-state index in [4.69, 9.17) is 10.5 Å². The highest BCUT2D eigenvalue weighted by atomic mass is 16.5. The van der Waals surface area contributed by atoms with Gasteiger partial charge in [0.05, 0.1) is 6.61 Å². The van der Waals surface area contributed by atoms with Crippen molar-refractivity contribution >= 4 is 0 Å². The molecular weight excluding hydrogens is 164 g/mol. The lowest BCUT2D eigenvalue weighted by molar-refractivity contribution is 0.112. The van der Waals surface area contributed by atoms with E-state index in [1.165, 1.54) is 26.1 Å². The molecule has 1 saturated heterocycles. The summed E-state index contributed by atoms with van der Waals surface area (Å²) in [7, 11) is 0. The minimum Gasteiger partial charge on any atom is -0.381 e. The normalized spacial score (nSPS) is 24.0. The Balaban J connectivity index is 2.05. The van der Waals surface area contributed by atoms with E-state index in [0.717, 1.165) is 32.1 Å². The van der Waals surface area contributed by atoms with Crippen molar-refractivity contribution in [1.82, 2.24) is 4.90 Å². The van der Waals surface area contributed by atoms with Crippen LogP contribution in [0.3, 0.4) is 0 Å². The second-order valence-corrected chi connectivity index (χ2v) is 3.76. The maximum Gasteiger partial charge on any atom is 0.0506 e. The van der Waals surface area contributed by atoms with Crippen molar-refractivity contribution in [3.8, 4) is 0 Å². The highest BCUT2D eigenvalue weighted by Gasteiger charge is 2.21. The van der Waals surface area contributed by atoms with Crippen LogP contribution in [-0.4, -0.2) is 44.3 Å². The van der Waals surface area contributed by atoms with Crippen molar-refractivity contribution in [3.63, 3.8) is 0 Å². The summed E-state index contributed by atoms with van der Waals surface area (Å²) in [5.41, 5.74) is 5.47. The lowest BCUT2D eigenvalue weighted by Crippen LogP contribution is -2.24. The van der Waals surface area contributed by atoms with Gasteiger partial charge in [0.2, 0.25) is 0 Å². The van der Waals surface area contributed by atoms with Crippen LogP contribution in [-0.2, 0) is 4.74 Å². The predicted molar refractivity (Wildman–Crippen MR) is 54.7 cm³/mol. The van der Waals surface area contributed by atoms with Gasteiger partial charge in [-0.05, 0) is 45.3 Å². The van der Waals surface area contributed by atoms with Crippen LogP contribution in [0.4, 0.5) is 0 Å². The molecule has 0 unspecified atom stereocenters. The number of ether oxygens (including phenoxy) is 1. The summed E-state index contributed by atoms with van der Waals surface area (Å²) in [6.07, 6.45) is 2.42. The first-order valence-electron chi connectivity index (χ1n) is 5.37. The highest BCUT2D eigenvalue weighted by molar-refractivity contribution is 4.75. The molecule has 1 aliphatic heterocycles. The number of nitrogens with zero attached hydrogens (tertiary/aromatic N) is 1. The Kier molecular flexibility index (Phi) is 5.35. The van der Waals surface area contributed by atoms with Crippen molar-refractivity contribution in [2.75, 3.05) is 39.4 Å². The van der Waals surface area contributed by atoms with Gasteiger partial charge in [-0.15, -0.1) is 0 Å². The molecule has 13 heavy (non-hydrogen) atoms. The van der Waals surface area contributed by atoms with Gasteiger partial charge in [0.25, 0.3) is 0 Å². The van der Waals surface area contributed by atoms with Crippen LogP contribution in [0.15, 0.2) is 0 Å². The predicted octanol–water partition coefficient (Wildman–Crippen LogP) is 0.694. The first-order chi connectivity index (χ1) is 6.36. The molecule has 0 spiro atoms. The summed E-state index contributed by atoms with van der Waals surface area (Å²) in [6.45, 7) is 8.26. The topological polar surface area (TPSA) is 38.5 Å². The third kappa shape index (κ3) is 4.07. The van der Waals surface area contributed by atoms with Gasteiger partial charge < -0.3 is 15.4 Å². The fourth-order valence-electron chi connectivity index (χ4n) is 1.85. The smallest absolute Gasteiger partial charge is 0.0506 e. The molecule has 0 aromatic rings. The Hall–Kier alpha value is -0.120. The third-order valence-electron chi connectivity index (χ3n) is 2.61. The molecule has 0 aliphatic carbocycles. The Morgan fingerprint density at radius 3 is 3.08 bits per heavy atom. The van der Waals surface area contributed by atoms with Crippen molar-refractivity contribution in [2.45, 2.75) is 19.8 Å². The maximum atomic E-state index is 5.47. The number of hydrogen-bond acceptors (Lipinski definition) is 3. The molecule has 78 valence electrons. The SMILES string of the molecule is CCOC[C@H]1CCN(CCCN)C1. The van der Waals surface area contributed by atoms with E-state index in [1.807, 2.05) is 0 Å².